The molecule has 0 saturated carbocycles. The Balaban J connectivity index is 1.93. The van der Waals surface area contributed by atoms with Gasteiger partial charge < -0.3 is 10.6 Å². The molecule has 1 aromatic carbocycles. The summed E-state index contributed by atoms with van der Waals surface area (Å²) in [6, 6.07) is 5.54. The molecule has 1 amide bonds. The molecule has 2 N–H and O–H groups in total. The first kappa shape index (κ1) is 15.2. The van der Waals surface area contributed by atoms with Gasteiger partial charge in [0.1, 0.15) is 0 Å². The molecule has 3 nitrogen and oxygen atoms in total. The number of benzene rings is 1. The molecule has 0 spiro atoms. The summed E-state index contributed by atoms with van der Waals surface area (Å²) in [6.45, 7) is 1.68. The zero-order valence-corrected chi connectivity index (χ0v) is 11.5. The van der Waals surface area contributed by atoms with Crippen LogP contribution in [0.1, 0.15) is 23.2 Å². The first-order valence-electron chi connectivity index (χ1n) is 6.31. The van der Waals surface area contributed by atoms with Crippen LogP contribution in [-0.4, -0.2) is 30.5 Å². The minimum Gasteiger partial charge on any atom is -0.348 e. The summed E-state index contributed by atoms with van der Waals surface area (Å²) in [6.07, 6.45) is 1.92. The van der Waals surface area contributed by atoms with E-state index in [-0.39, 0.29) is 28.6 Å². The molecule has 1 aliphatic rings. The number of nitrogens with one attached hydrogen (secondary N) is 2. The molecule has 0 unspecified atom stereocenters. The second-order valence-electron chi connectivity index (χ2n) is 4.59. The summed E-state index contributed by atoms with van der Waals surface area (Å²) in [5.41, 5.74) is -3.93. The Morgan fingerprint density at radius 1 is 1.30 bits per heavy atom. The highest BCUT2D eigenvalue weighted by Gasteiger charge is 2.29. The molecule has 1 heterocycles. The van der Waals surface area contributed by atoms with E-state index in [9.17, 15) is 18.0 Å². The van der Waals surface area contributed by atoms with E-state index in [4.69, 9.17) is 0 Å². The van der Waals surface area contributed by atoms with Crippen molar-refractivity contribution in [3.8, 4) is 0 Å². The van der Waals surface area contributed by atoms with Gasteiger partial charge in [-0.2, -0.15) is 13.2 Å². The first-order valence-corrected chi connectivity index (χ1v) is 7.13. The standard InChI is InChI=1S/C13H15F3N2OS/c14-13(15,16)20-11-5-3-9(4-6-11)12(19)18-10-2-1-7-17-8-10/h3-6,10,17H,1-2,7-8H2,(H,18,19)/t10-/m0/s1. The normalized spacial score (nSPS) is 19.6. The van der Waals surface area contributed by atoms with Gasteiger partial charge in [-0.05, 0) is 55.4 Å². The number of hydrogen-bond acceptors (Lipinski definition) is 3. The van der Waals surface area contributed by atoms with E-state index in [1.165, 1.54) is 24.3 Å². The van der Waals surface area contributed by atoms with Crippen LogP contribution < -0.4 is 10.6 Å². The number of thioether (sulfide) groups is 1. The lowest BCUT2D eigenvalue weighted by Crippen LogP contribution is -2.45. The number of carbonyl (C=O) groups excluding carboxylic acids is 1. The van der Waals surface area contributed by atoms with Gasteiger partial charge in [-0.25, -0.2) is 0 Å². The van der Waals surface area contributed by atoms with Crippen LogP contribution in [0.4, 0.5) is 13.2 Å². The zero-order chi connectivity index (χ0) is 14.6. The van der Waals surface area contributed by atoms with Crippen LogP contribution >= 0.6 is 11.8 Å². The average Bonchev–Trinajstić information content (AvgIpc) is 2.39. The Labute approximate surface area is 119 Å². The van der Waals surface area contributed by atoms with Crippen LogP contribution in [-0.2, 0) is 0 Å². The van der Waals surface area contributed by atoms with Gasteiger partial charge in [-0.3, -0.25) is 4.79 Å². The van der Waals surface area contributed by atoms with Crippen molar-refractivity contribution in [3.05, 3.63) is 29.8 Å². The summed E-state index contributed by atoms with van der Waals surface area (Å²) in [7, 11) is 0. The second-order valence-corrected chi connectivity index (χ2v) is 5.73. The molecule has 0 aromatic heterocycles. The van der Waals surface area contributed by atoms with E-state index >= 15 is 0 Å². The third kappa shape index (κ3) is 4.72. The highest BCUT2D eigenvalue weighted by atomic mass is 32.2. The Kier molecular flexibility index (Phi) is 4.93. The van der Waals surface area contributed by atoms with Gasteiger partial charge in [0.25, 0.3) is 5.91 Å². The molecule has 2 rings (SSSR count). The van der Waals surface area contributed by atoms with Crippen LogP contribution in [0.25, 0.3) is 0 Å². The topological polar surface area (TPSA) is 41.1 Å². The highest BCUT2D eigenvalue weighted by Crippen LogP contribution is 2.36. The Hall–Kier alpha value is -1.21. The first-order chi connectivity index (χ1) is 9.44. The third-order valence-corrected chi connectivity index (χ3v) is 3.72. The second kappa shape index (κ2) is 6.49. The number of hydrogen-bond donors (Lipinski definition) is 2. The third-order valence-electron chi connectivity index (χ3n) is 2.98. The number of amides is 1. The molecular weight excluding hydrogens is 289 g/mol. The fourth-order valence-corrected chi connectivity index (χ4v) is 2.59. The Bertz CT molecular complexity index is 456. The van der Waals surface area contributed by atoms with E-state index < -0.39 is 5.51 Å². The van der Waals surface area contributed by atoms with E-state index in [1.54, 1.807) is 0 Å². The van der Waals surface area contributed by atoms with Gasteiger partial charge in [0.05, 0.1) is 0 Å². The van der Waals surface area contributed by atoms with Crippen LogP contribution in [0.2, 0.25) is 0 Å². The summed E-state index contributed by atoms with van der Waals surface area (Å²) < 4.78 is 36.6. The lowest BCUT2D eigenvalue weighted by atomic mass is 10.1. The lowest BCUT2D eigenvalue weighted by molar-refractivity contribution is -0.0328. The van der Waals surface area contributed by atoms with Crippen molar-refractivity contribution < 1.29 is 18.0 Å². The predicted molar refractivity (Wildman–Crippen MR) is 71.7 cm³/mol. The molecule has 0 bridgehead atoms. The monoisotopic (exact) mass is 304 g/mol. The van der Waals surface area contributed by atoms with Crippen molar-refractivity contribution in [2.24, 2.45) is 0 Å². The van der Waals surface area contributed by atoms with Crippen LogP contribution in [0.5, 0.6) is 0 Å². The van der Waals surface area contributed by atoms with Gasteiger partial charge >= 0.3 is 5.51 Å². The molecule has 1 aliphatic heterocycles. The van der Waals surface area contributed by atoms with E-state index in [0.717, 1.165) is 25.9 Å². The van der Waals surface area contributed by atoms with Crippen LogP contribution in [0, 0.1) is 0 Å². The number of rotatable bonds is 3. The quantitative estimate of drug-likeness (QED) is 0.844. The fourth-order valence-electron chi connectivity index (χ4n) is 2.05. The Morgan fingerprint density at radius 2 is 2.00 bits per heavy atom. The van der Waals surface area contributed by atoms with Gasteiger partial charge in [-0.15, -0.1) is 0 Å². The van der Waals surface area contributed by atoms with Crippen molar-refractivity contribution in [1.82, 2.24) is 10.6 Å². The molecule has 0 aliphatic carbocycles. The van der Waals surface area contributed by atoms with Gasteiger partial charge in [0.2, 0.25) is 0 Å². The van der Waals surface area contributed by atoms with Gasteiger partial charge in [-0.1, -0.05) is 0 Å². The maximum atomic E-state index is 12.2. The average molecular weight is 304 g/mol. The van der Waals surface area contributed by atoms with Crippen LogP contribution in [0.15, 0.2) is 29.2 Å². The number of piperidine rings is 1. The minimum atomic E-state index is -4.31. The maximum absolute atomic E-state index is 12.2. The van der Waals surface area contributed by atoms with Crippen molar-refractivity contribution in [2.45, 2.75) is 29.3 Å². The van der Waals surface area contributed by atoms with Crippen molar-refractivity contribution in [2.75, 3.05) is 13.1 Å². The van der Waals surface area contributed by atoms with Gasteiger partial charge in [0.15, 0.2) is 0 Å². The number of halogens is 3. The van der Waals surface area contributed by atoms with Gasteiger partial charge in [0, 0.05) is 23.0 Å². The SMILES string of the molecule is O=C(N[C@H]1CCCNC1)c1ccc(SC(F)(F)F)cc1. The smallest absolute Gasteiger partial charge is 0.348 e. The van der Waals surface area contributed by atoms with E-state index in [0.29, 0.717) is 5.56 Å². The molecule has 110 valence electrons. The summed E-state index contributed by atoms with van der Waals surface area (Å²) in [5, 5.41) is 6.06. The van der Waals surface area contributed by atoms with Crippen molar-refractivity contribution >= 4 is 17.7 Å². The molecule has 1 fully saturated rings. The predicted octanol–water partition coefficient (Wildman–Crippen LogP) is 2.78. The van der Waals surface area contributed by atoms with E-state index in [1.807, 2.05) is 0 Å². The molecule has 1 atom stereocenters. The fraction of sp³-hybridized carbons (Fsp3) is 0.462. The molecule has 1 saturated heterocycles. The Morgan fingerprint density at radius 3 is 2.55 bits per heavy atom. The number of carbonyl (C=O) groups is 1. The lowest BCUT2D eigenvalue weighted by Gasteiger charge is -2.23. The largest absolute Gasteiger partial charge is 0.446 e. The maximum Gasteiger partial charge on any atom is 0.446 e. The molecule has 7 heteroatoms. The van der Waals surface area contributed by atoms with Crippen molar-refractivity contribution in [1.29, 1.82) is 0 Å². The minimum absolute atomic E-state index is 0.0772. The zero-order valence-electron chi connectivity index (χ0n) is 10.7. The molecule has 0 radical (unpaired) electrons. The molecule has 20 heavy (non-hydrogen) atoms. The molecular formula is C13H15F3N2OS. The molecule has 1 aromatic rings. The van der Waals surface area contributed by atoms with Crippen LogP contribution in [0.3, 0.4) is 0 Å². The summed E-state index contributed by atoms with van der Waals surface area (Å²) >= 11 is -0.185. The van der Waals surface area contributed by atoms with E-state index in [2.05, 4.69) is 10.6 Å². The van der Waals surface area contributed by atoms with Crippen molar-refractivity contribution in [3.63, 3.8) is 0 Å². The summed E-state index contributed by atoms with van der Waals surface area (Å²) in [4.78, 5) is 12.0. The summed E-state index contributed by atoms with van der Waals surface area (Å²) in [5.74, 6) is -0.248. The number of alkyl halides is 3. The highest BCUT2D eigenvalue weighted by molar-refractivity contribution is 8.00.